The van der Waals surface area contributed by atoms with Gasteiger partial charge in [0.25, 0.3) is 0 Å². The molecule has 4 N–H and O–H groups in total. The van der Waals surface area contributed by atoms with Crippen molar-refractivity contribution in [3.63, 3.8) is 0 Å². The number of anilines is 1. The molecule has 0 aliphatic carbocycles. The average molecular weight is 241 g/mol. The molecule has 0 radical (unpaired) electrons. The smallest absolute Gasteiger partial charge is 0.0880 e. The number of rotatable bonds is 6. The number of hydrogen-bond donors (Lipinski definition) is 3. The van der Waals surface area contributed by atoms with Crippen molar-refractivity contribution in [2.45, 2.75) is 24.7 Å². The Bertz CT molecular complexity index is 302. The molecule has 1 aromatic carbocycles. The van der Waals surface area contributed by atoms with Crippen molar-refractivity contribution < 1.29 is 10.2 Å². The Kier molecular flexibility index (Phi) is 5.66. The highest BCUT2D eigenvalue weighted by atomic mass is 32.2. The molecule has 4 heteroatoms. The van der Waals surface area contributed by atoms with E-state index in [9.17, 15) is 5.11 Å². The lowest BCUT2D eigenvalue weighted by Gasteiger charge is -2.14. The maximum Gasteiger partial charge on any atom is 0.0880 e. The molecule has 0 heterocycles. The monoisotopic (exact) mass is 241 g/mol. The van der Waals surface area contributed by atoms with Crippen molar-refractivity contribution in [2.24, 2.45) is 0 Å². The number of aliphatic hydroxyl groups excluding tert-OH is 2. The Morgan fingerprint density at radius 1 is 1.31 bits per heavy atom. The number of thioether (sulfide) groups is 1. The summed E-state index contributed by atoms with van der Waals surface area (Å²) in [5.74, 6) is 0.644. The largest absolute Gasteiger partial charge is 0.399 e. The highest BCUT2D eigenvalue weighted by Gasteiger charge is 2.10. The molecule has 2 unspecified atom stereocenters. The Labute approximate surface area is 101 Å². The summed E-state index contributed by atoms with van der Waals surface area (Å²) in [4.78, 5) is 0. The van der Waals surface area contributed by atoms with E-state index in [1.807, 2.05) is 12.1 Å². The fourth-order valence-electron chi connectivity index (χ4n) is 1.33. The lowest BCUT2D eigenvalue weighted by molar-refractivity contribution is 0.204. The first-order valence-electron chi connectivity index (χ1n) is 5.39. The summed E-state index contributed by atoms with van der Waals surface area (Å²) in [6, 6.07) is 7.27. The van der Waals surface area contributed by atoms with Crippen LogP contribution in [0, 0.1) is 0 Å². The van der Waals surface area contributed by atoms with Crippen LogP contribution in [0.4, 0.5) is 5.69 Å². The Hall–Kier alpha value is -0.710. The van der Waals surface area contributed by atoms with Crippen molar-refractivity contribution in [3.05, 3.63) is 29.8 Å². The highest BCUT2D eigenvalue weighted by molar-refractivity contribution is 7.99. The van der Waals surface area contributed by atoms with Crippen LogP contribution in [0.15, 0.2) is 24.3 Å². The van der Waals surface area contributed by atoms with Crippen LogP contribution in [0.2, 0.25) is 0 Å². The quantitative estimate of drug-likeness (QED) is 0.664. The minimum atomic E-state index is -0.466. The van der Waals surface area contributed by atoms with Gasteiger partial charge in [0.2, 0.25) is 0 Å². The second-order valence-corrected chi connectivity index (χ2v) is 5.31. The highest BCUT2D eigenvalue weighted by Crippen LogP contribution is 2.23. The van der Waals surface area contributed by atoms with Crippen LogP contribution < -0.4 is 5.73 Å². The molecule has 2 atom stereocenters. The van der Waals surface area contributed by atoms with E-state index in [0.29, 0.717) is 16.7 Å². The Morgan fingerprint density at radius 3 is 2.50 bits per heavy atom. The molecule has 1 rings (SSSR count). The molecule has 0 aliphatic heterocycles. The van der Waals surface area contributed by atoms with Crippen LogP contribution in [0.25, 0.3) is 0 Å². The average Bonchev–Trinajstić information content (AvgIpc) is 2.27. The molecule has 90 valence electrons. The third-order valence-electron chi connectivity index (χ3n) is 2.40. The zero-order valence-corrected chi connectivity index (χ0v) is 10.3. The van der Waals surface area contributed by atoms with E-state index < -0.39 is 6.10 Å². The van der Waals surface area contributed by atoms with Crippen molar-refractivity contribution >= 4 is 17.4 Å². The molecule has 0 aromatic heterocycles. The van der Waals surface area contributed by atoms with Crippen molar-refractivity contribution in [3.8, 4) is 0 Å². The third-order valence-corrected chi connectivity index (χ3v) is 3.71. The minimum Gasteiger partial charge on any atom is -0.399 e. The maximum absolute atomic E-state index is 9.90. The Balaban J connectivity index is 2.40. The van der Waals surface area contributed by atoms with Gasteiger partial charge in [0.05, 0.1) is 6.10 Å². The summed E-state index contributed by atoms with van der Waals surface area (Å²) in [5, 5.41) is 19.0. The normalized spacial score (nSPS) is 14.7. The van der Waals surface area contributed by atoms with Gasteiger partial charge in [0.1, 0.15) is 0 Å². The molecule has 0 fully saturated rings. The lowest BCUT2D eigenvalue weighted by Crippen LogP contribution is -2.06. The molecule has 0 saturated heterocycles. The zero-order valence-electron chi connectivity index (χ0n) is 9.47. The van der Waals surface area contributed by atoms with E-state index in [1.54, 1.807) is 23.9 Å². The van der Waals surface area contributed by atoms with Crippen LogP contribution in [0.3, 0.4) is 0 Å². The van der Waals surface area contributed by atoms with E-state index in [2.05, 4.69) is 6.92 Å². The molecule has 0 bridgehead atoms. The first-order chi connectivity index (χ1) is 7.63. The summed E-state index contributed by atoms with van der Waals surface area (Å²) in [6.07, 6.45) is 0.297. The summed E-state index contributed by atoms with van der Waals surface area (Å²) < 4.78 is 0. The maximum atomic E-state index is 9.90. The van der Waals surface area contributed by atoms with Gasteiger partial charge < -0.3 is 15.9 Å². The number of nitrogens with two attached hydrogens (primary N) is 1. The molecule has 0 saturated carbocycles. The van der Waals surface area contributed by atoms with Gasteiger partial charge in [0, 0.05) is 23.3 Å². The molecule has 0 spiro atoms. The topological polar surface area (TPSA) is 66.5 Å². The van der Waals surface area contributed by atoms with Gasteiger partial charge in [0.15, 0.2) is 0 Å². The first-order valence-corrected chi connectivity index (χ1v) is 6.44. The number of nitrogen functional groups attached to an aromatic ring is 1. The Morgan fingerprint density at radius 2 is 1.94 bits per heavy atom. The van der Waals surface area contributed by atoms with Crippen molar-refractivity contribution in [1.29, 1.82) is 0 Å². The number of hydrogen-bond acceptors (Lipinski definition) is 4. The molecule has 0 aliphatic rings. The standard InChI is InChI=1S/C12H19NO2S/c1-9(6-7-14)16-8-12(15)10-2-4-11(13)5-3-10/h2-5,9,12,14-15H,6-8,13H2,1H3. The zero-order chi connectivity index (χ0) is 12.0. The van der Waals surface area contributed by atoms with Crippen molar-refractivity contribution in [2.75, 3.05) is 18.1 Å². The van der Waals surface area contributed by atoms with E-state index >= 15 is 0 Å². The van der Waals surface area contributed by atoms with E-state index in [1.165, 1.54) is 0 Å². The molecule has 3 nitrogen and oxygen atoms in total. The molecular formula is C12H19NO2S. The van der Waals surface area contributed by atoms with Gasteiger partial charge >= 0.3 is 0 Å². The van der Waals surface area contributed by atoms with Crippen LogP contribution >= 0.6 is 11.8 Å². The number of benzene rings is 1. The summed E-state index contributed by atoms with van der Waals surface area (Å²) in [6.45, 7) is 2.25. The van der Waals surface area contributed by atoms with Crippen molar-refractivity contribution in [1.82, 2.24) is 0 Å². The predicted molar refractivity (Wildman–Crippen MR) is 69.4 cm³/mol. The fraction of sp³-hybridized carbons (Fsp3) is 0.500. The number of aliphatic hydroxyl groups is 2. The van der Waals surface area contributed by atoms with Gasteiger partial charge in [-0.25, -0.2) is 0 Å². The molecule has 1 aromatic rings. The summed E-state index contributed by atoms with van der Waals surface area (Å²) in [5.41, 5.74) is 7.17. The van der Waals surface area contributed by atoms with Gasteiger partial charge in [-0.1, -0.05) is 19.1 Å². The fourth-order valence-corrected chi connectivity index (χ4v) is 2.31. The molecular weight excluding hydrogens is 222 g/mol. The second kappa shape index (κ2) is 6.78. The van der Waals surface area contributed by atoms with E-state index in [0.717, 1.165) is 12.0 Å². The van der Waals surface area contributed by atoms with Gasteiger partial charge in [-0.3, -0.25) is 0 Å². The predicted octanol–water partition coefficient (Wildman–Crippen LogP) is 1.81. The lowest BCUT2D eigenvalue weighted by atomic mass is 10.1. The second-order valence-electron chi connectivity index (χ2n) is 3.84. The SMILES string of the molecule is CC(CCO)SCC(O)c1ccc(N)cc1. The van der Waals surface area contributed by atoms with Crippen LogP contribution in [0.5, 0.6) is 0 Å². The van der Waals surface area contributed by atoms with Gasteiger partial charge in [-0.2, -0.15) is 11.8 Å². The van der Waals surface area contributed by atoms with Crippen LogP contribution in [0.1, 0.15) is 25.0 Å². The first kappa shape index (κ1) is 13.4. The van der Waals surface area contributed by atoms with Crippen LogP contribution in [-0.4, -0.2) is 27.8 Å². The van der Waals surface area contributed by atoms with Gasteiger partial charge in [-0.15, -0.1) is 0 Å². The molecule has 0 amide bonds. The molecule has 16 heavy (non-hydrogen) atoms. The third kappa shape index (κ3) is 4.43. The van der Waals surface area contributed by atoms with Gasteiger partial charge in [-0.05, 0) is 24.1 Å². The van der Waals surface area contributed by atoms with Crippen LogP contribution in [-0.2, 0) is 0 Å². The summed E-state index contributed by atoms with van der Waals surface area (Å²) in [7, 11) is 0. The van der Waals surface area contributed by atoms with E-state index in [4.69, 9.17) is 10.8 Å². The minimum absolute atomic E-state index is 0.201. The summed E-state index contributed by atoms with van der Waals surface area (Å²) >= 11 is 1.67. The van der Waals surface area contributed by atoms with E-state index in [-0.39, 0.29) is 6.61 Å².